The molecule has 2 aromatic carbocycles. The number of esters is 1. The highest BCUT2D eigenvalue weighted by atomic mass is 16.6. The molecule has 0 unspecified atom stereocenters. The summed E-state index contributed by atoms with van der Waals surface area (Å²) in [5, 5.41) is 0.764. The van der Waals surface area contributed by atoms with Gasteiger partial charge in [0.15, 0.2) is 6.61 Å². The summed E-state index contributed by atoms with van der Waals surface area (Å²) in [6, 6.07) is 13.8. The summed E-state index contributed by atoms with van der Waals surface area (Å²) in [6.45, 7) is -0.173. The number of carbonyl (C=O) groups excluding carboxylic acids is 1. The smallest absolute Gasteiger partial charge is 0.344 e. The quantitative estimate of drug-likeness (QED) is 0.525. The Hall–Kier alpha value is -3.28. The number of methoxy groups -OCH3 is 2. The third-order valence-corrected chi connectivity index (χ3v) is 3.69. The zero-order chi connectivity index (χ0) is 17.8. The van der Waals surface area contributed by atoms with E-state index in [-0.39, 0.29) is 6.61 Å². The van der Waals surface area contributed by atoms with Gasteiger partial charge in [-0.3, -0.25) is 0 Å². The van der Waals surface area contributed by atoms with Gasteiger partial charge in [-0.25, -0.2) is 9.59 Å². The van der Waals surface area contributed by atoms with Crippen molar-refractivity contribution in [2.75, 3.05) is 20.8 Å². The standard InChI is InChI=1S/C19H16O6/c1-22-15-7-8-17-13(9-15)10-16(19(21)25-17)12-3-5-14(6-4-12)24-11-18(20)23-2/h3-10H,11H2,1-2H3. The van der Waals surface area contributed by atoms with Crippen molar-refractivity contribution in [1.82, 2.24) is 0 Å². The van der Waals surface area contributed by atoms with Crippen LogP contribution in [0.4, 0.5) is 0 Å². The van der Waals surface area contributed by atoms with Crippen LogP contribution in [-0.4, -0.2) is 26.8 Å². The topological polar surface area (TPSA) is 75.0 Å². The maximum absolute atomic E-state index is 12.2. The van der Waals surface area contributed by atoms with Crippen LogP contribution in [0.5, 0.6) is 11.5 Å². The average Bonchev–Trinajstić information content (AvgIpc) is 2.65. The van der Waals surface area contributed by atoms with E-state index in [1.54, 1.807) is 55.6 Å². The molecule has 0 radical (unpaired) electrons. The number of fused-ring (bicyclic) bond motifs is 1. The molecule has 0 bridgehead atoms. The molecule has 3 aromatic rings. The molecule has 1 heterocycles. The maximum Gasteiger partial charge on any atom is 0.344 e. The lowest BCUT2D eigenvalue weighted by Gasteiger charge is -2.07. The molecular weight excluding hydrogens is 324 g/mol. The van der Waals surface area contributed by atoms with E-state index in [0.717, 1.165) is 5.39 Å². The fourth-order valence-electron chi connectivity index (χ4n) is 2.36. The lowest BCUT2D eigenvalue weighted by molar-refractivity contribution is -0.142. The van der Waals surface area contributed by atoms with E-state index in [4.69, 9.17) is 13.9 Å². The van der Waals surface area contributed by atoms with Crippen molar-refractivity contribution < 1.29 is 23.4 Å². The molecule has 0 aliphatic carbocycles. The summed E-state index contributed by atoms with van der Waals surface area (Å²) in [7, 11) is 2.87. The summed E-state index contributed by atoms with van der Waals surface area (Å²) < 4.78 is 20.4. The lowest BCUT2D eigenvalue weighted by Crippen LogP contribution is -2.12. The molecular formula is C19H16O6. The van der Waals surface area contributed by atoms with Gasteiger partial charge in [0.1, 0.15) is 17.1 Å². The van der Waals surface area contributed by atoms with Gasteiger partial charge >= 0.3 is 11.6 Å². The monoisotopic (exact) mass is 340 g/mol. The van der Waals surface area contributed by atoms with Crippen LogP contribution >= 0.6 is 0 Å². The minimum atomic E-state index is -0.465. The predicted octanol–water partition coefficient (Wildman–Crippen LogP) is 3.02. The minimum Gasteiger partial charge on any atom is -0.497 e. The Bertz CT molecular complexity index is 956. The van der Waals surface area contributed by atoms with Crippen molar-refractivity contribution in [2.45, 2.75) is 0 Å². The van der Waals surface area contributed by atoms with Crippen molar-refractivity contribution in [2.24, 2.45) is 0 Å². The SMILES string of the molecule is COC(=O)COc1ccc(-c2cc3cc(OC)ccc3oc2=O)cc1. The van der Waals surface area contributed by atoms with Crippen molar-refractivity contribution in [3.63, 3.8) is 0 Å². The Morgan fingerprint density at radius 3 is 2.40 bits per heavy atom. The summed E-state index contributed by atoms with van der Waals surface area (Å²) in [6.07, 6.45) is 0. The van der Waals surface area contributed by atoms with Gasteiger partial charge in [0.25, 0.3) is 0 Å². The van der Waals surface area contributed by atoms with Gasteiger partial charge in [0, 0.05) is 5.39 Å². The van der Waals surface area contributed by atoms with Crippen molar-refractivity contribution in [1.29, 1.82) is 0 Å². The second-order valence-electron chi connectivity index (χ2n) is 5.24. The third kappa shape index (κ3) is 3.63. The van der Waals surface area contributed by atoms with E-state index in [1.165, 1.54) is 7.11 Å². The molecule has 0 aliphatic rings. The fraction of sp³-hybridized carbons (Fsp3) is 0.158. The summed E-state index contributed by atoms with van der Waals surface area (Å²) in [4.78, 5) is 23.3. The van der Waals surface area contributed by atoms with E-state index >= 15 is 0 Å². The van der Waals surface area contributed by atoms with E-state index in [1.807, 2.05) is 0 Å². The summed E-state index contributed by atoms with van der Waals surface area (Å²) >= 11 is 0. The highest BCUT2D eigenvalue weighted by molar-refractivity contribution is 5.83. The van der Waals surface area contributed by atoms with E-state index < -0.39 is 11.6 Å². The number of hydrogen-bond donors (Lipinski definition) is 0. The normalized spacial score (nSPS) is 10.5. The molecule has 0 N–H and O–H groups in total. The van der Waals surface area contributed by atoms with Crippen LogP contribution in [0.2, 0.25) is 0 Å². The first-order valence-electron chi connectivity index (χ1n) is 7.52. The Balaban J connectivity index is 1.91. The zero-order valence-corrected chi connectivity index (χ0v) is 13.8. The maximum atomic E-state index is 12.2. The van der Waals surface area contributed by atoms with Crippen molar-refractivity contribution in [3.8, 4) is 22.6 Å². The molecule has 6 heteroatoms. The molecule has 0 aliphatic heterocycles. The van der Waals surface area contributed by atoms with Crippen LogP contribution in [0.1, 0.15) is 0 Å². The van der Waals surface area contributed by atoms with E-state index in [0.29, 0.717) is 28.2 Å². The van der Waals surface area contributed by atoms with Crippen LogP contribution in [-0.2, 0) is 9.53 Å². The molecule has 1 aromatic heterocycles. The summed E-state index contributed by atoms with van der Waals surface area (Å²) in [5.41, 5.74) is 1.18. The number of ether oxygens (including phenoxy) is 3. The second-order valence-corrected chi connectivity index (χ2v) is 5.24. The van der Waals surface area contributed by atoms with Crippen LogP contribution in [0, 0.1) is 0 Å². The highest BCUT2D eigenvalue weighted by Crippen LogP contribution is 2.25. The van der Waals surface area contributed by atoms with Crippen LogP contribution in [0.3, 0.4) is 0 Å². The predicted molar refractivity (Wildman–Crippen MR) is 92.0 cm³/mol. The van der Waals surface area contributed by atoms with Gasteiger partial charge in [0.2, 0.25) is 0 Å². The Kier molecular flexibility index (Phi) is 4.70. The average molecular weight is 340 g/mol. The van der Waals surface area contributed by atoms with Crippen LogP contribution in [0.25, 0.3) is 22.1 Å². The molecule has 0 amide bonds. The Labute approximate surface area is 143 Å². The molecule has 0 atom stereocenters. The molecule has 0 saturated heterocycles. The Morgan fingerprint density at radius 1 is 1.00 bits per heavy atom. The fourth-order valence-corrected chi connectivity index (χ4v) is 2.36. The Morgan fingerprint density at radius 2 is 1.72 bits per heavy atom. The van der Waals surface area contributed by atoms with Gasteiger partial charge in [-0.15, -0.1) is 0 Å². The first kappa shape index (κ1) is 16.6. The van der Waals surface area contributed by atoms with Crippen molar-refractivity contribution in [3.05, 3.63) is 59.0 Å². The van der Waals surface area contributed by atoms with Gasteiger partial charge in [-0.1, -0.05) is 12.1 Å². The molecule has 0 fully saturated rings. The minimum absolute atomic E-state index is 0.173. The number of benzene rings is 2. The van der Waals surface area contributed by atoms with E-state index in [9.17, 15) is 9.59 Å². The lowest BCUT2D eigenvalue weighted by atomic mass is 10.1. The first-order chi connectivity index (χ1) is 12.1. The van der Waals surface area contributed by atoms with Gasteiger partial charge in [0.05, 0.1) is 19.8 Å². The van der Waals surface area contributed by atoms with Gasteiger partial charge in [-0.2, -0.15) is 0 Å². The third-order valence-electron chi connectivity index (χ3n) is 3.69. The number of carbonyl (C=O) groups is 1. The molecule has 6 nitrogen and oxygen atoms in total. The summed E-state index contributed by atoms with van der Waals surface area (Å²) in [5.74, 6) is 0.716. The molecule has 3 rings (SSSR count). The van der Waals surface area contributed by atoms with Crippen molar-refractivity contribution >= 4 is 16.9 Å². The van der Waals surface area contributed by atoms with Crippen LogP contribution in [0.15, 0.2) is 57.7 Å². The highest BCUT2D eigenvalue weighted by Gasteiger charge is 2.09. The molecule has 0 saturated carbocycles. The molecule has 25 heavy (non-hydrogen) atoms. The van der Waals surface area contributed by atoms with E-state index in [2.05, 4.69) is 4.74 Å². The second kappa shape index (κ2) is 7.09. The zero-order valence-electron chi connectivity index (χ0n) is 13.8. The number of rotatable bonds is 5. The first-order valence-corrected chi connectivity index (χ1v) is 7.52. The molecule has 0 spiro atoms. The van der Waals surface area contributed by atoms with Gasteiger partial charge in [-0.05, 0) is 42.0 Å². The number of hydrogen-bond acceptors (Lipinski definition) is 6. The largest absolute Gasteiger partial charge is 0.497 e. The molecule has 128 valence electrons. The van der Waals surface area contributed by atoms with Gasteiger partial charge < -0.3 is 18.6 Å². The van der Waals surface area contributed by atoms with Crippen LogP contribution < -0.4 is 15.1 Å².